The second-order valence-corrected chi connectivity index (χ2v) is 20.2. The van der Waals surface area contributed by atoms with Crippen LogP contribution in [0.15, 0.2) is 6.20 Å². The molecule has 8 amide bonds. The van der Waals surface area contributed by atoms with Crippen molar-refractivity contribution in [2.24, 2.45) is 17.4 Å². The van der Waals surface area contributed by atoms with Gasteiger partial charge < -0.3 is 69.3 Å². The number of Topliss-reactive ketones (excluding diaryl/α,β-unsaturated/α-hetero) is 1. The van der Waals surface area contributed by atoms with Crippen LogP contribution in [0.25, 0.3) is 0 Å². The Morgan fingerprint density at radius 2 is 0.914 bits per heavy atom. The highest BCUT2D eigenvalue weighted by molar-refractivity contribution is 5.99. The summed E-state index contributed by atoms with van der Waals surface area (Å²) in [6.07, 6.45) is 4.68. The first-order valence-electron chi connectivity index (χ1n) is 27.8. The zero-order chi connectivity index (χ0) is 61.0. The van der Waals surface area contributed by atoms with E-state index in [2.05, 4.69) is 52.8 Å². The summed E-state index contributed by atoms with van der Waals surface area (Å²) in [4.78, 5) is 159. The highest BCUT2D eigenvalue weighted by Crippen LogP contribution is 2.13. The lowest BCUT2D eigenvalue weighted by atomic mass is 10.0. The van der Waals surface area contributed by atoms with Crippen molar-refractivity contribution in [2.45, 2.75) is 218 Å². The maximum absolute atomic E-state index is 14.2. The Bertz CT molecular complexity index is 2220. The van der Waals surface area contributed by atoms with Crippen LogP contribution in [-0.2, 0) is 70.5 Å². The standard InChI is InChI=1S/C52H88FN13O15/c1-6-8-10-19-35(46(75)57-34(32(5)67)18-12-14-25-54)58-48(77)37(21-13-15-26-55)59-47(76)36(20-11-9-7-2)60-51(80)40(28-44(73)74)62-52(81)45(31(3)4)63-49(78)38(22-23-42(69)70)61-50(79)39(27-43(71)72)56-41(68)30-66-29-33(64-65-66)17-16-24-53/h29,31,34-40,45H,6-28,30,54-55H2,1-5H3,(H,56,68)(H,57,75)(H,58,77)(H,59,76)(H,60,80)(H,61,79)(H,62,81)(H,63,78)(H,69,70)(H,71,72)(H,73,74)/t34-,35-,36-,37-,38-,39-,40-,45-/m0/s1. The van der Waals surface area contributed by atoms with Gasteiger partial charge in [0.15, 0.2) is 5.78 Å². The van der Waals surface area contributed by atoms with Crippen LogP contribution in [0.5, 0.6) is 0 Å². The predicted molar refractivity (Wildman–Crippen MR) is 291 cm³/mol. The highest BCUT2D eigenvalue weighted by Gasteiger charge is 2.36. The van der Waals surface area contributed by atoms with Crippen molar-refractivity contribution in [1.82, 2.24) is 57.5 Å². The van der Waals surface area contributed by atoms with Crippen LogP contribution in [0.1, 0.15) is 162 Å². The molecule has 0 spiro atoms. The molecule has 0 fully saturated rings. The Labute approximate surface area is 471 Å². The van der Waals surface area contributed by atoms with Crippen molar-refractivity contribution < 1.29 is 77.2 Å². The number of rotatable bonds is 45. The van der Waals surface area contributed by atoms with Crippen LogP contribution in [0.4, 0.5) is 4.39 Å². The van der Waals surface area contributed by atoms with Crippen molar-refractivity contribution in [1.29, 1.82) is 0 Å². The first kappa shape index (κ1) is 71.8. The number of aliphatic carboxylic acids is 3. The van der Waals surface area contributed by atoms with Gasteiger partial charge in [0.25, 0.3) is 0 Å². The Hall–Kier alpha value is -7.17. The fourth-order valence-corrected chi connectivity index (χ4v) is 8.25. The van der Waals surface area contributed by atoms with Crippen molar-refractivity contribution >= 4 is 70.9 Å². The Kier molecular flexibility index (Phi) is 35.5. The Morgan fingerprint density at radius 1 is 0.519 bits per heavy atom. The molecule has 1 aromatic rings. The maximum atomic E-state index is 14.2. The molecule has 1 aromatic heterocycles. The fourth-order valence-electron chi connectivity index (χ4n) is 8.25. The van der Waals surface area contributed by atoms with E-state index < -0.39 is 158 Å². The highest BCUT2D eigenvalue weighted by atomic mass is 19.1. The molecule has 81 heavy (non-hydrogen) atoms. The lowest BCUT2D eigenvalue weighted by Gasteiger charge is -2.29. The monoisotopic (exact) mass is 1150 g/mol. The van der Waals surface area contributed by atoms with Gasteiger partial charge in [0.2, 0.25) is 47.3 Å². The van der Waals surface area contributed by atoms with Crippen LogP contribution >= 0.6 is 0 Å². The molecule has 1 rings (SSSR count). The van der Waals surface area contributed by atoms with Crippen LogP contribution < -0.4 is 54.0 Å². The number of unbranched alkanes of at least 4 members (excludes halogenated alkanes) is 6. The third kappa shape index (κ3) is 29.7. The molecule has 28 nitrogen and oxygen atoms in total. The molecule has 458 valence electrons. The summed E-state index contributed by atoms with van der Waals surface area (Å²) < 4.78 is 13.7. The molecular formula is C52H88FN13O15. The summed E-state index contributed by atoms with van der Waals surface area (Å²) in [6.45, 7) is 7.60. The number of nitrogens with zero attached hydrogens (tertiary/aromatic N) is 3. The number of carboxylic acid groups (broad SMARTS) is 3. The minimum Gasteiger partial charge on any atom is -0.481 e. The smallest absolute Gasteiger partial charge is 0.305 e. The minimum atomic E-state index is -1.89. The van der Waals surface area contributed by atoms with Gasteiger partial charge in [-0.3, -0.25) is 61.9 Å². The number of nitrogens with one attached hydrogen (secondary N) is 8. The summed E-state index contributed by atoms with van der Waals surface area (Å²) >= 11 is 0. The second-order valence-electron chi connectivity index (χ2n) is 20.2. The van der Waals surface area contributed by atoms with Gasteiger partial charge >= 0.3 is 17.9 Å². The fraction of sp³-hybridized carbons (Fsp3) is 0.731. The van der Waals surface area contributed by atoms with E-state index in [0.717, 1.165) is 17.5 Å². The molecule has 0 aromatic carbocycles. The molecule has 0 saturated heterocycles. The average Bonchev–Trinajstić information content (AvgIpc) is 3.84. The van der Waals surface area contributed by atoms with Gasteiger partial charge in [-0.05, 0) is 96.6 Å². The normalized spacial score (nSPS) is 14.1. The van der Waals surface area contributed by atoms with Gasteiger partial charge in [-0.1, -0.05) is 71.4 Å². The van der Waals surface area contributed by atoms with E-state index in [0.29, 0.717) is 70.0 Å². The topological polar surface area (TPSA) is 445 Å². The molecule has 8 atom stereocenters. The number of nitrogens with two attached hydrogens (primary N) is 2. The van der Waals surface area contributed by atoms with Crippen LogP contribution in [0.2, 0.25) is 0 Å². The van der Waals surface area contributed by atoms with Gasteiger partial charge in [-0.25, -0.2) is 4.68 Å². The Morgan fingerprint density at radius 3 is 1.32 bits per heavy atom. The number of hydrogen-bond acceptors (Lipinski definition) is 16. The van der Waals surface area contributed by atoms with Crippen LogP contribution in [0, 0.1) is 5.92 Å². The molecular weight excluding hydrogens is 1070 g/mol. The summed E-state index contributed by atoms with van der Waals surface area (Å²) in [6, 6.07) is -11.7. The molecule has 0 radical (unpaired) electrons. The zero-order valence-electron chi connectivity index (χ0n) is 47.4. The number of amides is 8. The number of alkyl halides is 1. The Balaban J connectivity index is 3.47. The average molecular weight is 1150 g/mol. The number of carbonyl (C=O) groups excluding carboxylic acids is 9. The van der Waals surface area contributed by atoms with Gasteiger partial charge in [0, 0.05) is 12.6 Å². The van der Waals surface area contributed by atoms with Crippen LogP contribution in [-0.4, -0.2) is 169 Å². The molecule has 15 N–H and O–H groups in total. The zero-order valence-corrected chi connectivity index (χ0v) is 47.4. The number of hydrogen-bond donors (Lipinski definition) is 13. The number of carboxylic acids is 3. The first-order valence-corrected chi connectivity index (χ1v) is 27.8. The predicted octanol–water partition coefficient (Wildman–Crippen LogP) is -0.464. The van der Waals surface area contributed by atoms with Gasteiger partial charge in [-0.2, -0.15) is 0 Å². The SMILES string of the molecule is CCCCC[C@H](NC(=O)[C@H](CCCCN)NC(=O)[C@H](CCCCC)NC(=O)[C@H](CC(=O)O)NC(=O)[C@@H](NC(=O)[C@H](CCC(=O)O)NC(=O)[C@H](CC(=O)O)NC(=O)Cn1cc(CCCF)nn1)C(C)C)C(=O)N[C@@H](CCCCN)C(C)=O. The summed E-state index contributed by atoms with van der Waals surface area (Å²) in [5.74, 6) is -13.4. The molecule has 1 heterocycles. The van der Waals surface area contributed by atoms with Crippen molar-refractivity contribution in [3.63, 3.8) is 0 Å². The van der Waals surface area contributed by atoms with Crippen molar-refractivity contribution in [3.05, 3.63) is 11.9 Å². The van der Waals surface area contributed by atoms with E-state index in [-0.39, 0.29) is 44.4 Å². The molecule has 0 aliphatic rings. The third-order valence-electron chi connectivity index (χ3n) is 12.8. The summed E-state index contributed by atoms with van der Waals surface area (Å²) in [5.41, 5.74) is 11.7. The van der Waals surface area contributed by atoms with Crippen molar-refractivity contribution in [2.75, 3.05) is 19.8 Å². The number of ketones is 1. The molecule has 29 heteroatoms. The largest absolute Gasteiger partial charge is 0.481 e. The van der Waals surface area contributed by atoms with Gasteiger partial charge in [0.1, 0.15) is 48.8 Å². The summed E-state index contributed by atoms with van der Waals surface area (Å²) in [7, 11) is 0. The molecule has 0 aliphatic carbocycles. The molecule has 0 bridgehead atoms. The number of aromatic nitrogens is 3. The van der Waals surface area contributed by atoms with Crippen molar-refractivity contribution in [3.8, 4) is 0 Å². The molecule has 0 unspecified atom stereocenters. The second kappa shape index (κ2) is 40.1. The first-order chi connectivity index (χ1) is 38.4. The lowest BCUT2D eigenvalue weighted by Crippen LogP contribution is -2.61. The van der Waals surface area contributed by atoms with E-state index in [1.807, 2.05) is 13.8 Å². The van der Waals surface area contributed by atoms with E-state index in [1.54, 1.807) is 0 Å². The van der Waals surface area contributed by atoms with E-state index in [1.165, 1.54) is 27.0 Å². The lowest BCUT2D eigenvalue weighted by molar-refractivity contribution is -0.142. The minimum absolute atomic E-state index is 0.00859. The van der Waals surface area contributed by atoms with E-state index in [4.69, 9.17) is 11.5 Å². The third-order valence-corrected chi connectivity index (χ3v) is 12.8. The maximum Gasteiger partial charge on any atom is 0.305 e. The van der Waals surface area contributed by atoms with E-state index in [9.17, 15) is 77.2 Å². The number of carbonyl (C=O) groups is 12. The molecule has 0 saturated carbocycles. The molecule has 0 aliphatic heterocycles. The van der Waals surface area contributed by atoms with Gasteiger partial charge in [-0.15, -0.1) is 5.10 Å². The number of aryl methyl sites for hydroxylation is 1. The quantitative estimate of drug-likeness (QED) is 0.0367. The van der Waals surface area contributed by atoms with E-state index >= 15 is 0 Å². The number of halogens is 1. The van der Waals surface area contributed by atoms with Crippen LogP contribution in [0.3, 0.4) is 0 Å². The summed E-state index contributed by atoms with van der Waals surface area (Å²) in [5, 5.41) is 56.4. The van der Waals surface area contributed by atoms with Gasteiger partial charge in [0.05, 0.1) is 31.3 Å².